The molecule has 0 atom stereocenters. The molecule has 1 aromatic rings. The molecular formula is C16H27N3O2. The monoisotopic (exact) mass is 293 g/mol. The highest BCUT2D eigenvalue weighted by atomic mass is 16.5. The van der Waals surface area contributed by atoms with Gasteiger partial charge in [-0.05, 0) is 64.8 Å². The molecule has 0 aromatic heterocycles. The highest BCUT2D eigenvalue weighted by molar-refractivity contribution is 5.90. The normalized spacial score (nSPS) is 10.7. The first-order valence-corrected chi connectivity index (χ1v) is 7.50. The van der Waals surface area contributed by atoms with Crippen molar-refractivity contribution in [3.8, 4) is 5.75 Å². The molecule has 0 aliphatic heterocycles. The van der Waals surface area contributed by atoms with Crippen LogP contribution in [0.5, 0.6) is 5.75 Å². The number of carbonyl (C=O) groups is 1. The van der Waals surface area contributed by atoms with Crippen molar-refractivity contribution in [2.24, 2.45) is 0 Å². The average molecular weight is 293 g/mol. The van der Waals surface area contributed by atoms with Gasteiger partial charge in [-0.25, -0.2) is 0 Å². The summed E-state index contributed by atoms with van der Waals surface area (Å²) < 4.78 is 5.36. The van der Waals surface area contributed by atoms with Gasteiger partial charge in [-0.15, -0.1) is 0 Å². The molecule has 0 radical (unpaired) electrons. The van der Waals surface area contributed by atoms with Crippen LogP contribution < -0.4 is 15.4 Å². The molecule has 0 saturated carbocycles. The van der Waals surface area contributed by atoms with Crippen LogP contribution in [-0.2, 0) is 4.79 Å². The van der Waals surface area contributed by atoms with Gasteiger partial charge in [0.1, 0.15) is 5.75 Å². The minimum Gasteiger partial charge on any atom is -0.494 e. The molecule has 5 nitrogen and oxygen atoms in total. The van der Waals surface area contributed by atoms with E-state index in [4.69, 9.17) is 4.74 Å². The van der Waals surface area contributed by atoms with Gasteiger partial charge < -0.3 is 20.3 Å². The van der Waals surface area contributed by atoms with Crippen LogP contribution in [0.1, 0.15) is 19.8 Å². The van der Waals surface area contributed by atoms with E-state index in [0.717, 1.165) is 30.9 Å². The number of benzene rings is 1. The lowest BCUT2D eigenvalue weighted by molar-refractivity contribution is -0.116. The lowest BCUT2D eigenvalue weighted by Crippen LogP contribution is -2.25. The lowest BCUT2D eigenvalue weighted by atomic mass is 10.3. The fourth-order valence-electron chi connectivity index (χ4n) is 1.87. The summed E-state index contributed by atoms with van der Waals surface area (Å²) in [6.07, 6.45) is 1.57. The van der Waals surface area contributed by atoms with Gasteiger partial charge in [-0.3, -0.25) is 4.79 Å². The van der Waals surface area contributed by atoms with Crippen LogP contribution >= 0.6 is 0 Å². The molecule has 5 heteroatoms. The highest BCUT2D eigenvalue weighted by Gasteiger charge is 2.02. The summed E-state index contributed by atoms with van der Waals surface area (Å²) in [5.74, 6) is 0.845. The van der Waals surface area contributed by atoms with Gasteiger partial charge in [0, 0.05) is 18.7 Å². The van der Waals surface area contributed by atoms with E-state index in [-0.39, 0.29) is 5.91 Å². The van der Waals surface area contributed by atoms with Crippen molar-refractivity contribution in [3.63, 3.8) is 0 Å². The number of ether oxygens (including phenoxy) is 1. The largest absolute Gasteiger partial charge is 0.494 e. The van der Waals surface area contributed by atoms with Crippen molar-refractivity contribution < 1.29 is 9.53 Å². The molecule has 0 bridgehead atoms. The molecule has 0 aliphatic carbocycles. The third kappa shape index (κ3) is 8.32. The van der Waals surface area contributed by atoms with Gasteiger partial charge in [0.2, 0.25) is 5.91 Å². The van der Waals surface area contributed by atoms with Crippen molar-refractivity contribution in [1.29, 1.82) is 0 Å². The first-order valence-electron chi connectivity index (χ1n) is 7.50. The van der Waals surface area contributed by atoms with Crippen molar-refractivity contribution in [2.45, 2.75) is 19.8 Å². The van der Waals surface area contributed by atoms with Crippen molar-refractivity contribution in [3.05, 3.63) is 24.3 Å². The fraction of sp³-hybridized carbons (Fsp3) is 0.562. The number of anilines is 1. The van der Waals surface area contributed by atoms with Crippen molar-refractivity contribution in [1.82, 2.24) is 10.2 Å². The molecular weight excluding hydrogens is 266 g/mol. The minimum absolute atomic E-state index is 0.0271. The third-order valence-electron chi connectivity index (χ3n) is 2.94. The molecule has 21 heavy (non-hydrogen) atoms. The Hall–Kier alpha value is -1.59. The van der Waals surface area contributed by atoms with Crippen LogP contribution in [0.2, 0.25) is 0 Å². The van der Waals surface area contributed by atoms with Gasteiger partial charge in [0.25, 0.3) is 0 Å². The zero-order valence-corrected chi connectivity index (χ0v) is 13.3. The first kappa shape index (κ1) is 17.5. The summed E-state index contributed by atoms with van der Waals surface area (Å²) >= 11 is 0. The molecule has 2 N–H and O–H groups in total. The van der Waals surface area contributed by atoms with Crippen LogP contribution in [0, 0.1) is 0 Å². The Morgan fingerprint density at radius 3 is 2.52 bits per heavy atom. The lowest BCUT2D eigenvalue weighted by Gasteiger charge is -2.10. The predicted molar refractivity (Wildman–Crippen MR) is 86.9 cm³/mol. The molecule has 0 fully saturated rings. The summed E-state index contributed by atoms with van der Waals surface area (Å²) in [6, 6.07) is 7.43. The second-order valence-electron chi connectivity index (χ2n) is 5.16. The van der Waals surface area contributed by atoms with Crippen LogP contribution in [0.15, 0.2) is 24.3 Å². The molecule has 118 valence electrons. The van der Waals surface area contributed by atoms with Crippen LogP contribution in [0.4, 0.5) is 5.69 Å². The Morgan fingerprint density at radius 2 is 1.90 bits per heavy atom. The number of hydrogen-bond acceptors (Lipinski definition) is 4. The topological polar surface area (TPSA) is 53.6 Å². The minimum atomic E-state index is 0.0271. The summed E-state index contributed by atoms with van der Waals surface area (Å²) in [7, 11) is 4.12. The quantitative estimate of drug-likeness (QED) is 0.648. The summed E-state index contributed by atoms with van der Waals surface area (Å²) in [6.45, 7) is 5.29. The van der Waals surface area contributed by atoms with Crippen molar-refractivity contribution in [2.75, 3.05) is 45.7 Å². The van der Waals surface area contributed by atoms with E-state index in [0.29, 0.717) is 19.6 Å². The van der Waals surface area contributed by atoms with E-state index in [1.54, 1.807) is 0 Å². The smallest absolute Gasteiger partial charge is 0.225 e. The number of nitrogens with one attached hydrogen (secondary N) is 2. The van der Waals surface area contributed by atoms with E-state index in [1.807, 2.05) is 31.2 Å². The number of rotatable bonds is 10. The maximum absolute atomic E-state index is 11.8. The zero-order valence-electron chi connectivity index (χ0n) is 13.3. The van der Waals surface area contributed by atoms with E-state index in [9.17, 15) is 4.79 Å². The predicted octanol–water partition coefficient (Wildman–Crippen LogP) is 1.96. The maximum Gasteiger partial charge on any atom is 0.225 e. The Morgan fingerprint density at radius 1 is 1.19 bits per heavy atom. The highest BCUT2D eigenvalue weighted by Crippen LogP contribution is 2.15. The van der Waals surface area contributed by atoms with Gasteiger partial charge in [0.15, 0.2) is 0 Å². The Labute approximate surface area is 127 Å². The van der Waals surface area contributed by atoms with Crippen LogP contribution in [0.25, 0.3) is 0 Å². The second kappa shape index (κ2) is 10.2. The summed E-state index contributed by atoms with van der Waals surface area (Å²) in [5, 5.41) is 6.15. The van der Waals surface area contributed by atoms with Gasteiger partial charge in [-0.1, -0.05) is 0 Å². The number of hydrogen-bond donors (Lipinski definition) is 2. The third-order valence-corrected chi connectivity index (χ3v) is 2.94. The van der Waals surface area contributed by atoms with E-state index < -0.39 is 0 Å². The first-order chi connectivity index (χ1) is 10.1. The Balaban J connectivity index is 2.15. The van der Waals surface area contributed by atoms with Crippen molar-refractivity contribution >= 4 is 11.6 Å². The molecule has 1 rings (SSSR count). The molecule has 1 amide bonds. The Kier molecular flexibility index (Phi) is 8.47. The SMILES string of the molecule is CCOc1ccc(NC(=O)CCNCCCN(C)C)cc1. The molecule has 1 aromatic carbocycles. The molecule has 0 unspecified atom stereocenters. The van der Waals surface area contributed by atoms with Gasteiger partial charge >= 0.3 is 0 Å². The maximum atomic E-state index is 11.8. The zero-order chi connectivity index (χ0) is 15.5. The molecule has 0 spiro atoms. The van der Waals surface area contributed by atoms with E-state index in [2.05, 4.69) is 29.6 Å². The number of amides is 1. The van der Waals surface area contributed by atoms with E-state index in [1.165, 1.54) is 0 Å². The van der Waals surface area contributed by atoms with E-state index >= 15 is 0 Å². The van der Waals surface area contributed by atoms with Gasteiger partial charge in [-0.2, -0.15) is 0 Å². The average Bonchev–Trinajstić information content (AvgIpc) is 2.45. The van der Waals surface area contributed by atoms with Crippen LogP contribution in [-0.4, -0.2) is 51.1 Å². The van der Waals surface area contributed by atoms with Crippen LogP contribution in [0.3, 0.4) is 0 Å². The standard InChI is InChI=1S/C16H27N3O2/c1-4-21-15-8-6-14(7-9-15)18-16(20)10-12-17-11-5-13-19(2)3/h6-9,17H,4-5,10-13H2,1-3H3,(H,18,20). The summed E-state index contributed by atoms with van der Waals surface area (Å²) in [4.78, 5) is 13.9. The fourth-order valence-corrected chi connectivity index (χ4v) is 1.87. The molecule has 0 heterocycles. The Bertz CT molecular complexity index is 404. The number of nitrogens with zero attached hydrogens (tertiary/aromatic N) is 1. The van der Waals surface area contributed by atoms with Gasteiger partial charge in [0.05, 0.1) is 6.61 Å². The molecule has 0 saturated heterocycles. The molecule has 0 aliphatic rings. The number of carbonyl (C=O) groups excluding carboxylic acids is 1. The second-order valence-corrected chi connectivity index (χ2v) is 5.16. The summed E-state index contributed by atoms with van der Waals surface area (Å²) in [5.41, 5.74) is 0.802.